The van der Waals surface area contributed by atoms with Crippen molar-refractivity contribution >= 4 is 46.4 Å². The molecule has 0 radical (unpaired) electrons. The molecule has 6 N–H and O–H groups in total. The Morgan fingerprint density at radius 3 is 2.31 bits per heavy atom. The molecule has 0 saturated heterocycles. The van der Waals surface area contributed by atoms with Crippen molar-refractivity contribution in [1.29, 1.82) is 0 Å². The largest absolute Gasteiger partial charge is 0.471 e. The lowest BCUT2D eigenvalue weighted by Gasteiger charge is -2.25. The number of rotatable bonds is 17. The Balaban J connectivity index is 1.63. The summed E-state index contributed by atoms with van der Waals surface area (Å²) in [4.78, 5) is 76.9. The molecule has 0 fully saturated rings. The van der Waals surface area contributed by atoms with Crippen molar-refractivity contribution in [1.82, 2.24) is 30.6 Å². The van der Waals surface area contributed by atoms with Gasteiger partial charge < -0.3 is 25.8 Å². The Morgan fingerprint density at radius 1 is 1.02 bits per heavy atom. The number of benzene rings is 1. The maximum absolute atomic E-state index is 13.6. The third-order valence-electron chi connectivity index (χ3n) is 7.11. The third-order valence-corrected chi connectivity index (χ3v) is 7.11. The molecule has 0 saturated carbocycles. The monoisotopic (exact) mass is 721 g/mol. The zero-order chi connectivity index (χ0) is 37.9. The minimum Gasteiger partial charge on any atom is -0.354 e. The summed E-state index contributed by atoms with van der Waals surface area (Å²) in [6.07, 6.45) is -3.81. The summed E-state index contributed by atoms with van der Waals surface area (Å²) in [5.41, 5.74) is 3.81. The molecule has 3 aromatic rings. The Hall–Kier alpha value is -5.01. The average Bonchev–Trinajstić information content (AvgIpc) is 3.06. The number of H-pyrrole nitrogens is 1. The van der Waals surface area contributed by atoms with Crippen molar-refractivity contribution in [3.8, 4) is 0 Å². The number of aromatic amines is 1. The molecule has 16 nitrogen and oxygen atoms in total. The van der Waals surface area contributed by atoms with Crippen molar-refractivity contribution in [2.24, 2.45) is 11.7 Å². The Morgan fingerprint density at radius 2 is 1.69 bits per heavy atom. The molecule has 3 rings (SSSR count). The number of anilines is 2. The highest BCUT2D eigenvalue weighted by molar-refractivity contribution is 5.99. The van der Waals surface area contributed by atoms with Crippen molar-refractivity contribution in [2.45, 2.75) is 72.0 Å². The van der Waals surface area contributed by atoms with Crippen LogP contribution in [0.1, 0.15) is 63.5 Å². The Labute approximate surface area is 291 Å². The molecular weight excluding hydrogens is 679 g/mol. The zero-order valence-corrected chi connectivity index (χ0v) is 28.8. The number of ether oxygens (including phenoxy) is 2. The summed E-state index contributed by atoms with van der Waals surface area (Å²) in [7, 11) is 0. The van der Waals surface area contributed by atoms with Gasteiger partial charge in [-0.15, -0.1) is 0 Å². The van der Waals surface area contributed by atoms with Crippen LogP contribution in [0.4, 0.5) is 24.8 Å². The lowest BCUT2D eigenvalue weighted by molar-refractivity contribution is -0.210. The first-order valence-corrected chi connectivity index (χ1v) is 16.0. The van der Waals surface area contributed by atoms with E-state index >= 15 is 0 Å². The fourth-order valence-electron chi connectivity index (χ4n) is 4.39. The molecule has 2 aromatic heterocycles. The van der Waals surface area contributed by atoms with Crippen LogP contribution in [0.5, 0.6) is 0 Å². The Bertz CT molecular complexity index is 1750. The molecule has 278 valence electrons. The van der Waals surface area contributed by atoms with Gasteiger partial charge in [-0.25, -0.2) is 9.97 Å². The molecule has 0 aliphatic rings. The zero-order valence-electron chi connectivity index (χ0n) is 28.8. The number of nitrogens with one attached hydrogen (secondary N) is 4. The maximum atomic E-state index is 13.6. The van der Waals surface area contributed by atoms with Gasteiger partial charge in [-0.1, -0.05) is 13.8 Å². The predicted molar refractivity (Wildman–Crippen MR) is 179 cm³/mol. The summed E-state index contributed by atoms with van der Waals surface area (Å²) in [5, 5.41) is 7.86. The second-order valence-electron chi connectivity index (χ2n) is 12.2. The van der Waals surface area contributed by atoms with Crippen LogP contribution < -0.4 is 32.1 Å². The van der Waals surface area contributed by atoms with E-state index in [-0.39, 0.29) is 59.5 Å². The second kappa shape index (κ2) is 17.8. The van der Waals surface area contributed by atoms with Gasteiger partial charge in [-0.05, 0) is 51.5 Å². The topological polar surface area (TPSA) is 224 Å². The van der Waals surface area contributed by atoms with E-state index in [1.54, 1.807) is 34.6 Å². The van der Waals surface area contributed by atoms with Gasteiger partial charge in [0, 0.05) is 42.7 Å². The number of nitrogens with two attached hydrogens (primary N) is 1. The number of hydrogen-bond donors (Lipinski definition) is 5. The van der Waals surface area contributed by atoms with Crippen LogP contribution in [0, 0.1) is 5.92 Å². The van der Waals surface area contributed by atoms with Gasteiger partial charge in [0.05, 0.1) is 31.6 Å². The van der Waals surface area contributed by atoms with E-state index in [1.807, 2.05) is 0 Å². The van der Waals surface area contributed by atoms with E-state index in [4.69, 9.17) is 15.2 Å². The number of nitrogens with zero attached hydrogens (tertiary/aromatic N) is 4. The molecule has 2 heterocycles. The first-order chi connectivity index (χ1) is 23.9. The van der Waals surface area contributed by atoms with Crippen molar-refractivity contribution in [3.63, 3.8) is 0 Å². The highest BCUT2D eigenvalue weighted by Gasteiger charge is 2.43. The van der Waals surface area contributed by atoms with E-state index < -0.39 is 53.7 Å². The fraction of sp³-hybridized carbons (Fsp3) is 0.500. The summed E-state index contributed by atoms with van der Waals surface area (Å²) < 4.78 is 51.9. The predicted octanol–water partition coefficient (Wildman–Crippen LogP) is 2.15. The minimum atomic E-state index is -5.27. The normalized spacial score (nSPS) is 12.4. The molecular formula is C32H42F3N9O7. The number of carbonyl (C=O) groups is 4. The smallest absolute Gasteiger partial charge is 0.354 e. The molecule has 1 aromatic carbocycles. The van der Waals surface area contributed by atoms with Gasteiger partial charge in [-0.2, -0.15) is 18.2 Å². The number of halogens is 3. The van der Waals surface area contributed by atoms with Crippen LogP contribution in [0.25, 0.3) is 11.2 Å². The number of hydrogen-bond acceptors (Lipinski definition) is 11. The van der Waals surface area contributed by atoms with Crippen LogP contribution >= 0.6 is 0 Å². The number of aromatic nitrogens is 4. The summed E-state index contributed by atoms with van der Waals surface area (Å²) in [5.74, 6) is -4.88. The molecule has 4 amide bonds. The van der Waals surface area contributed by atoms with Crippen molar-refractivity contribution in [3.05, 3.63) is 52.1 Å². The first kappa shape index (κ1) is 40.4. The van der Waals surface area contributed by atoms with Gasteiger partial charge in [-0.3, -0.25) is 39.2 Å². The van der Waals surface area contributed by atoms with E-state index in [0.29, 0.717) is 24.5 Å². The average molecular weight is 722 g/mol. The first-order valence-electron chi connectivity index (χ1n) is 16.0. The van der Waals surface area contributed by atoms with Gasteiger partial charge in [0.2, 0.25) is 17.8 Å². The summed E-state index contributed by atoms with van der Waals surface area (Å²) in [6.45, 7) is 8.84. The van der Waals surface area contributed by atoms with Gasteiger partial charge >= 0.3 is 12.1 Å². The number of alkyl halides is 3. The maximum Gasteiger partial charge on any atom is 0.471 e. The van der Waals surface area contributed by atoms with Crippen molar-refractivity contribution < 1.29 is 41.8 Å². The molecule has 19 heteroatoms. The van der Waals surface area contributed by atoms with E-state index in [9.17, 15) is 37.1 Å². The van der Waals surface area contributed by atoms with E-state index in [2.05, 4.69) is 35.9 Å². The van der Waals surface area contributed by atoms with E-state index in [1.165, 1.54) is 12.1 Å². The molecule has 0 aliphatic heterocycles. The van der Waals surface area contributed by atoms with Crippen LogP contribution in [0.2, 0.25) is 0 Å². The number of fused-ring (bicyclic) bond motifs is 1. The highest BCUT2D eigenvalue weighted by atomic mass is 19.4. The number of carbonyl (C=O) groups excluding carboxylic acids is 4. The van der Waals surface area contributed by atoms with Gasteiger partial charge in [0.15, 0.2) is 17.0 Å². The lowest BCUT2D eigenvalue weighted by Crippen LogP contribution is -2.41. The quantitative estimate of drug-likeness (QED) is 0.100. The molecule has 0 spiro atoms. The van der Waals surface area contributed by atoms with E-state index in [0.717, 1.165) is 18.3 Å². The fourth-order valence-corrected chi connectivity index (χ4v) is 4.39. The van der Waals surface area contributed by atoms with Crippen LogP contribution in [-0.2, 0) is 30.4 Å². The number of amides is 4. The van der Waals surface area contributed by atoms with Crippen molar-refractivity contribution in [2.75, 3.05) is 36.5 Å². The lowest BCUT2D eigenvalue weighted by atomic mass is 10.1. The van der Waals surface area contributed by atoms with Crippen LogP contribution in [-0.4, -0.2) is 87.9 Å². The summed E-state index contributed by atoms with van der Waals surface area (Å²) in [6, 6.07) is 4.37. The third kappa shape index (κ3) is 12.4. The molecule has 0 bridgehead atoms. The molecule has 0 unspecified atom stereocenters. The van der Waals surface area contributed by atoms with Crippen LogP contribution in [0.15, 0.2) is 35.3 Å². The SMILES string of the molecule is CC(C)C(=O)Nc1nc2ncc(CN(C(=O)C(F)(F)F)c3ccc(C(=O)N[C@H](C)CCC(=O)NCCOC(C)(C)OCCN)cc3)nc2c(=O)[nH]1. The highest BCUT2D eigenvalue weighted by Crippen LogP contribution is 2.26. The molecule has 1 atom stereocenters. The van der Waals surface area contributed by atoms with Crippen LogP contribution in [0.3, 0.4) is 0 Å². The molecule has 0 aliphatic carbocycles. The van der Waals surface area contributed by atoms with Gasteiger partial charge in [0.25, 0.3) is 11.5 Å². The minimum absolute atomic E-state index is 0.0922. The molecule has 51 heavy (non-hydrogen) atoms. The Kier molecular flexibility index (Phi) is 14.1. The standard InChI is InChI=1S/C32H42F3N9O7/c1-18(2)26(46)42-30-41-25-24(28(48)43-30)40-21(16-38-25)17-44(29(49)32(33,34)35)22-9-7-20(8-10-22)27(47)39-19(3)6-11-23(45)37-13-15-51-31(4,5)50-14-12-36/h7-10,16,18-19H,6,11-15,17,36H2,1-5H3,(H,37,45)(H,39,47)(H2,38,41,42,43,46,48)/t19-/m1/s1. The summed E-state index contributed by atoms with van der Waals surface area (Å²) >= 11 is 0. The van der Waals surface area contributed by atoms with Gasteiger partial charge in [0.1, 0.15) is 0 Å². The second-order valence-corrected chi connectivity index (χ2v) is 12.2.